The second-order valence-corrected chi connectivity index (χ2v) is 5.58. The number of carbonyl (C=O) groups excluding carboxylic acids is 1. The molecule has 0 aliphatic carbocycles. The van der Waals surface area contributed by atoms with Gasteiger partial charge >= 0.3 is 0 Å². The normalized spacial score (nSPS) is 10.6. The molecule has 3 rings (SSSR count). The van der Waals surface area contributed by atoms with Crippen molar-refractivity contribution in [1.29, 1.82) is 0 Å². The zero-order valence-corrected chi connectivity index (χ0v) is 14.2. The van der Waals surface area contributed by atoms with Crippen LogP contribution >= 0.6 is 0 Å². The van der Waals surface area contributed by atoms with Crippen molar-refractivity contribution in [2.24, 2.45) is 0 Å². The first-order chi connectivity index (χ1) is 13.8. The highest BCUT2D eigenvalue weighted by atomic mass is 19.2. The van der Waals surface area contributed by atoms with E-state index in [4.69, 9.17) is 9.15 Å². The average molecular weight is 410 g/mol. The molecule has 3 aromatic rings. The zero-order chi connectivity index (χ0) is 21.1. The summed E-state index contributed by atoms with van der Waals surface area (Å²) in [6.45, 7) is -0.643. The number of para-hydroxylation sites is 2. The molecule has 0 atom stereocenters. The SMILES string of the molecule is O=C(Nc1ccccc1[N+](=O)[O-])c1ccc(COc2c(F)c(F)cc(F)c2F)o1. The van der Waals surface area contributed by atoms with E-state index in [1.165, 1.54) is 36.4 Å². The standard InChI is InChI=1S/C18H10F4N2O5/c19-10-7-11(20)16(22)17(15(10)21)28-8-9-5-6-14(29-9)18(25)23-12-3-1-2-4-13(12)24(26)27/h1-7H,8H2,(H,23,25). The van der Waals surface area contributed by atoms with Gasteiger partial charge in [0, 0.05) is 12.1 Å². The Morgan fingerprint density at radius 1 is 1.07 bits per heavy atom. The van der Waals surface area contributed by atoms with Crippen LogP contribution in [0.25, 0.3) is 0 Å². The maximum Gasteiger partial charge on any atom is 0.292 e. The molecule has 7 nitrogen and oxygen atoms in total. The van der Waals surface area contributed by atoms with Crippen LogP contribution in [0.4, 0.5) is 28.9 Å². The second-order valence-electron chi connectivity index (χ2n) is 5.58. The van der Waals surface area contributed by atoms with Crippen molar-refractivity contribution in [3.63, 3.8) is 0 Å². The molecule has 0 unspecified atom stereocenters. The average Bonchev–Trinajstić information content (AvgIpc) is 3.16. The number of hydrogen-bond acceptors (Lipinski definition) is 5. The topological polar surface area (TPSA) is 94.6 Å². The minimum Gasteiger partial charge on any atom is -0.479 e. The molecule has 0 saturated carbocycles. The molecule has 1 N–H and O–H groups in total. The van der Waals surface area contributed by atoms with E-state index in [2.05, 4.69) is 5.32 Å². The minimum absolute atomic E-state index is 0.0373. The minimum atomic E-state index is -1.72. The van der Waals surface area contributed by atoms with Crippen LogP contribution in [0.1, 0.15) is 16.3 Å². The highest BCUT2D eigenvalue weighted by molar-refractivity contribution is 6.03. The van der Waals surface area contributed by atoms with E-state index < -0.39 is 46.5 Å². The van der Waals surface area contributed by atoms with Gasteiger partial charge in [0.15, 0.2) is 23.1 Å². The van der Waals surface area contributed by atoms with Crippen LogP contribution in [0.5, 0.6) is 5.75 Å². The molecule has 1 amide bonds. The Labute approximate surface area is 159 Å². The zero-order valence-electron chi connectivity index (χ0n) is 14.2. The van der Waals surface area contributed by atoms with Crippen LogP contribution < -0.4 is 10.1 Å². The quantitative estimate of drug-likeness (QED) is 0.278. The maximum atomic E-state index is 13.6. The Bertz CT molecular complexity index is 1070. The molecule has 0 aliphatic rings. The smallest absolute Gasteiger partial charge is 0.292 e. The van der Waals surface area contributed by atoms with Gasteiger partial charge in [-0.2, -0.15) is 8.78 Å². The lowest BCUT2D eigenvalue weighted by atomic mass is 10.2. The van der Waals surface area contributed by atoms with Gasteiger partial charge in [0.25, 0.3) is 11.6 Å². The van der Waals surface area contributed by atoms with Crippen molar-refractivity contribution < 1.29 is 36.4 Å². The van der Waals surface area contributed by atoms with Crippen molar-refractivity contribution >= 4 is 17.3 Å². The van der Waals surface area contributed by atoms with Crippen LogP contribution in [0.3, 0.4) is 0 Å². The molecule has 1 aromatic heterocycles. The summed E-state index contributed by atoms with van der Waals surface area (Å²) >= 11 is 0. The first kappa shape index (κ1) is 19.9. The number of nitro benzene ring substituents is 1. The molecule has 0 fully saturated rings. The number of hydrogen-bond donors (Lipinski definition) is 1. The molecule has 0 spiro atoms. The van der Waals surface area contributed by atoms with Crippen LogP contribution in [0, 0.1) is 33.4 Å². The Morgan fingerprint density at radius 3 is 2.38 bits per heavy atom. The number of nitrogens with zero attached hydrogens (tertiary/aromatic N) is 1. The number of carbonyl (C=O) groups is 1. The lowest BCUT2D eigenvalue weighted by Crippen LogP contribution is -2.12. The lowest BCUT2D eigenvalue weighted by molar-refractivity contribution is -0.383. The molecule has 150 valence electrons. The van der Waals surface area contributed by atoms with E-state index in [0.717, 1.165) is 0 Å². The molecular formula is C18H10F4N2O5. The predicted molar refractivity (Wildman–Crippen MR) is 90.4 cm³/mol. The Hall–Kier alpha value is -3.89. The number of halogens is 4. The largest absolute Gasteiger partial charge is 0.479 e. The fourth-order valence-corrected chi connectivity index (χ4v) is 2.32. The number of rotatable bonds is 6. The Balaban J connectivity index is 1.72. The van der Waals surface area contributed by atoms with Gasteiger partial charge in [-0.15, -0.1) is 0 Å². The second kappa shape index (κ2) is 8.00. The fraction of sp³-hybridized carbons (Fsp3) is 0.0556. The molecule has 11 heteroatoms. The van der Waals surface area contributed by atoms with Crippen LogP contribution in [-0.2, 0) is 6.61 Å². The lowest BCUT2D eigenvalue weighted by Gasteiger charge is -2.08. The summed E-state index contributed by atoms with van der Waals surface area (Å²) in [5.41, 5.74) is -0.411. The highest BCUT2D eigenvalue weighted by Gasteiger charge is 2.22. The van der Waals surface area contributed by atoms with Gasteiger partial charge in [0.1, 0.15) is 18.1 Å². The van der Waals surface area contributed by atoms with Gasteiger partial charge in [-0.1, -0.05) is 12.1 Å². The Kier molecular flexibility index (Phi) is 5.48. The summed E-state index contributed by atoms with van der Waals surface area (Å²) < 4.78 is 63.3. The molecule has 0 aliphatic heterocycles. The third-order valence-electron chi connectivity index (χ3n) is 3.66. The van der Waals surface area contributed by atoms with E-state index in [0.29, 0.717) is 0 Å². The van der Waals surface area contributed by atoms with E-state index in [9.17, 15) is 32.5 Å². The number of furan rings is 1. The monoisotopic (exact) mass is 410 g/mol. The molecule has 29 heavy (non-hydrogen) atoms. The van der Waals surface area contributed by atoms with Crippen molar-refractivity contribution in [3.05, 3.63) is 87.4 Å². The van der Waals surface area contributed by atoms with Crippen LogP contribution in [-0.4, -0.2) is 10.8 Å². The third-order valence-corrected chi connectivity index (χ3v) is 3.66. The summed E-state index contributed by atoms with van der Waals surface area (Å²) in [5.74, 6) is -9.20. The molecule has 0 radical (unpaired) electrons. The van der Waals surface area contributed by atoms with Gasteiger partial charge < -0.3 is 14.5 Å². The van der Waals surface area contributed by atoms with E-state index in [1.54, 1.807) is 0 Å². The van der Waals surface area contributed by atoms with E-state index in [1.807, 2.05) is 0 Å². The molecule has 0 saturated heterocycles. The van der Waals surface area contributed by atoms with E-state index in [-0.39, 0.29) is 29.0 Å². The molecule has 0 bridgehead atoms. The number of nitrogens with one attached hydrogen (secondary N) is 1. The molecular weight excluding hydrogens is 400 g/mol. The van der Waals surface area contributed by atoms with E-state index >= 15 is 0 Å². The van der Waals surface area contributed by atoms with Gasteiger partial charge in [-0.3, -0.25) is 14.9 Å². The number of amides is 1. The van der Waals surface area contributed by atoms with Gasteiger partial charge in [0.2, 0.25) is 11.6 Å². The molecule has 1 heterocycles. The maximum absolute atomic E-state index is 13.6. The van der Waals surface area contributed by atoms with Crippen LogP contribution in [0.15, 0.2) is 46.9 Å². The third kappa shape index (κ3) is 4.18. The van der Waals surface area contributed by atoms with Crippen molar-refractivity contribution in [3.8, 4) is 5.75 Å². The highest BCUT2D eigenvalue weighted by Crippen LogP contribution is 2.28. The summed E-state index contributed by atoms with van der Waals surface area (Å²) in [5, 5.41) is 13.3. The van der Waals surface area contributed by atoms with Crippen molar-refractivity contribution in [1.82, 2.24) is 0 Å². The number of nitro groups is 1. The fourth-order valence-electron chi connectivity index (χ4n) is 2.32. The summed E-state index contributed by atoms with van der Waals surface area (Å²) in [6, 6.07) is 7.84. The summed E-state index contributed by atoms with van der Waals surface area (Å²) in [7, 11) is 0. The summed E-state index contributed by atoms with van der Waals surface area (Å²) in [6.07, 6.45) is 0. The molecule has 2 aromatic carbocycles. The van der Waals surface area contributed by atoms with Gasteiger partial charge in [-0.05, 0) is 18.2 Å². The van der Waals surface area contributed by atoms with Gasteiger partial charge in [0.05, 0.1) is 4.92 Å². The van der Waals surface area contributed by atoms with Crippen molar-refractivity contribution in [2.45, 2.75) is 6.61 Å². The Morgan fingerprint density at radius 2 is 1.72 bits per heavy atom. The first-order valence-corrected chi connectivity index (χ1v) is 7.87. The van der Waals surface area contributed by atoms with Gasteiger partial charge in [-0.25, -0.2) is 8.78 Å². The number of ether oxygens (including phenoxy) is 1. The summed E-state index contributed by atoms with van der Waals surface area (Å²) in [4.78, 5) is 22.5. The van der Waals surface area contributed by atoms with Crippen molar-refractivity contribution in [2.75, 3.05) is 5.32 Å². The number of benzene rings is 2. The number of anilines is 1. The predicted octanol–water partition coefficient (Wildman–Crippen LogP) is 4.58. The van der Waals surface area contributed by atoms with Crippen LogP contribution in [0.2, 0.25) is 0 Å². The first-order valence-electron chi connectivity index (χ1n) is 7.87.